The first kappa shape index (κ1) is 10.7. The SMILES string of the molecule is Cc1c(C)c(C)c2c(c1C)CCCC2N. The molecule has 15 heavy (non-hydrogen) atoms. The molecule has 0 fully saturated rings. The summed E-state index contributed by atoms with van der Waals surface area (Å²) >= 11 is 0. The van der Waals surface area contributed by atoms with Gasteiger partial charge >= 0.3 is 0 Å². The molecule has 0 heterocycles. The lowest BCUT2D eigenvalue weighted by Gasteiger charge is -2.28. The monoisotopic (exact) mass is 203 g/mol. The predicted molar refractivity (Wildman–Crippen MR) is 65.3 cm³/mol. The molecule has 0 saturated carbocycles. The van der Waals surface area contributed by atoms with E-state index in [0.717, 1.165) is 6.42 Å². The molecule has 82 valence electrons. The number of hydrogen-bond acceptors (Lipinski definition) is 1. The van der Waals surface area contributed by atoms with Gasteiger partial charge in [-0.15, -0.1) is 0 Å². The zero-order valence-electron chi connectivity index (χ0n) is 10.3. The van der Waals surface area contributed by atoms with Crippen molar-refractivity contribution in [2.45, 2.75) is 53.0 Å². The molecule has 1 unspecified atom stereocenters. The van der Waals surface area contributed by atoms with Crippen molar-refractivity contribution in [3.05, 3.63) is 33.4 Å². The van der Waals surface area contributed by atoms with E-state index in [0.29, 0.717) is 0 Å². The molecule has 1 aliphatic rings. The van der Waals surface area contributed by atoms with Crippen molar-refractivity contribution in [3.8, 4) is 0 Å². The van der Waals surface area contributed by atoms with E-state index >= 15 is 0 Å². The van der Waals surface area contributed by atoms with Crippen LogP contribution in [0.1, 0.15) is 52.3 Å². The predicted octanol–water partition coefficient (Wildman–Crippen LogP) is 3.26. The molecule has 0 spiro atoms. The Morgan fingerprint density at radius 1 is 0.933 bits per heavy atom. The summed E-state index contributed by atoms with van der Waals surface area (Å²) in [7, 11) is 0. The average molecular weight is 203 g/mol. The highest BCUT2D eigenvalue weighted by atomic mass is 14.6. The van der Waals surface area contributed by atoms with Gasteiger partial charge in [-0.25, -0.2) is 0 Å². The highest BCUT2D eigenvalue weighted by Gasteiger charge is 2.22. The highest BCUT2D eigenvalue weighted by Crippen LogP contribution is 2.36. The minimum absolute atomic E-state index is 0.270. The summed E-state index contributed by atoms with van der Waals surface area (Å²) in [6.07, 6.45) is 3.61. The Morgan fingerprint density at radius 3 is 2.20 bits per heavy atom. The second kappa shape index (κ2) is 3.64. The van der Waals surface area contributed by atoms with E-state index in [1.165, 1.54) is 46.2 Å². The Labute approximate surface area is 92.7 Å². The standard InChI is InChI=1S/C14H21N/c1-8-9(2)11(4)14-12(10(8)3)6-5-7-13(14)15/h13H,5-7,15H2,1-4H3. The van der Waals surface area contributed by atoms with Gasteiger partial charge in [-0.05, 0) is 80.3 Å². The number of nitrogens with two attached hydrogens (primary N) is 1. The van der Waals surface area contributed by atoms with Crippen LogP contribution in [0.2, 0.25) is 0 Å². The van der Waals surface area contributed by atoms with Crippen molar-refractivity contribution in [3.63, 3.8) is 0 Å². The van der Waals surface area contributed by atoms with Gasteiger partial charge in [-0.3, -0.25) is 0 Å². The quantitative estimate of drug-likeness (QED) is 0.688. The Morgan fingerprint density at radius 2 is 1.53 bits per heavy atom. The van der Waals surface area contributed by atoms with Crippen molar-refractivity contribution >= 4 is 0 Å². The molecule has 0 saturated heterocycles. The van der Waals surface area contributed by atoms with E-state index in [2.05, 4.69) is 27.7 Å². The van der Waals surface area contributed by atoms with E-state index < -0.39 is 0 Å². The van der Waals surface area contributed by atoms with Crippen LogP contribution in [0, 0.1) is 27.7 Å². The van der Waals surface area contributed by atoms with Gasteiger partial charge in [0.15, 0.2) is 0 Å². The fraction of sp³-hybridized carbons (Fsp3) is 0.571. The number of benzene rings is 1. The first-order valence-electron chi connectivity index (χ1n) is 5.88. The summed E-state index contributed by atoms with van der Waals surface area (Å²) in [6.45, 7) is 8.93. The van der Waals surface area contributed by atoms with Crippen LogP contribution in [0.5, 0.6) is 0 Å². The summed E-state index contributed by atoms with van der Waals surface area (Å²) < 4.78 is 0. The summed E-state index contributed by atoms with van der Waals surface area (Å²) in [6, 6.07) is 0.270. The van der Waals surface area contributed by atoms with E-state index in [-0.39, 0.29) is 6.04 Å². The van der Waals surface area contributed by atoms with Gasteiger partial charge in [0, 0.05) is 6.04 Å². The molecule has 1 nitrogen and oxygen atoms in total. The van der Waals surface area contributed by atoms with Crippen molar-refractivity contribution in [1.82, 2.24) is 0 Å². The number of rotatable bonds is 0. The van der Waals surface area contributed by atoms with E-state index in [1.54, 1.807) is 0 Å². The third-order valence-corrected chi connectivity index (χ3v) is 4.18. The fourth-order valence-electron chi connectivity index (χ4n) is 2.89. The summed E-state index contributed by atoms with van der Waals surface area (Å²) in [5, 5.41) is 0. The lowest BCUT2D eigenvalue weighted by atomic mass is 9.79. The van der Waals surface area contributed by atoms with Gasteiger partial charge in [0.2, 0.25) is 0 Å². The molecule has 0 amide bonds. The molecule has 1 heteroatoms. The zero-order chi connectivity index (χ0) is 11.2. The maximum Gasteiger partial charge on any atom is 0.0300 e. The van der Waals surface area contributed by atoms with Crippen LogP contribution >= 0.6 is 0 Å². The Hall–Kier alpha value is -0.820. The molecule has 0 radical (unpaired) electrons. The van der Waals surface area contributed by atoms with Gasteiger partial charge in [0.05, 0.1) is 0 Å². The summed E-state index contributed by atoms with van der Waals surface area (Å²) in [5.41, 5.74) is 15.0. The minimum atomic E-state index is 0.270. The van der Waals surface area contributed by atoms with E-state index in [1.807, 2.05) is 0 Å². The molecule has 1 atom stereocenters. The molecule has 0 aliphatic heterocycles. The van der Waals surface area contributed by atoms with Crippen LogP contribution in [-0.2, 0) is 6.42 Å². The molecular weight excluding hydrogens is 182 g/mol. The van der Waals surface area contributed by atoms with Crippen molar-refractivity contribution in [2.24, 2.45) is 5.73 Å². The number of fused-ring (bicyclic) bond motifs is 1. The van der Waals surface area contributed by atoms with Crippen LogP contribution in [0.3, 0.4) is 0 Å². The second-order valence-corrected chi connectivity index (χ2v) is 4.89. The molecule has 1 aromatic rings. The molecule has 0 aromatic heterocycles. The zero-order valence-corrected chi connectivity index (χ0v) is 10.3. The van der Waals surface area contributed by atoms with Gasteiger partial charge < -0.3 is 5.73 Å². The second-order valence-electron chi connectivity index (χ2n) is 4.89. The lowest BCUT2D eigenvalue weighted by molar-refractivity contribution is 0.564. The first-order valence-corrected chi connectivity index (χ1v) is 5.88. The maximum atomic E-state index is 6.24. The largest absolute Gasteiger partial charge is 0.324 e. The Kier molecular flexibility index (Phi) is 2.59. The third-order valence-electron chi connectivity index (χ3n) is 4.18. The van der Waals surface area contributed by atoms with Gasteiger partial charge in [-0.2, -0.15) is 0 Å². The maximum absolute atomic E-state index is 6.24. The van der Waals surface area contributed by atoms with Gasteiger partial charge in [0.1, 0.15) is 0 Å². The fourth-order valence-corrected chi connectivity index (χ4v) is 2.89. The Bertz CT molecular complexity index is 405. The average Bonchev–Trinajstić information content (AvgIpc) is 2.23. The van der Waals surface area contributed by atoms with Crippen molar-refractivity contribution < 1.29 is 0 Å². The lowest BCUT2D eigenvalue weighted by Crippen LogP contribution is -2.21. The summed E-state index contributed by atoms with van der Waals surface area (Å²) in [5.74, 6) is 0. The van der Waals surface area contributed by atoms with Crippen LogP contribution in [-0.4, -0.2) is 0 Å². The van der Waals surface area contributed by atoms with Crippen LogP contribution in [0.4, 0.5) is 0 Å². The minimum Gasteiger partial charge on any atom is -0.324 e. The first-order chi connectivity index (χ1) is 7.04. The van der Waals surface area contributed by atoms with E-state index in [9.17, 15) is 0 Å². The molecule has 2 rings (SSSR count). The van der Waals surface area contributed by atoms with Gasteiger partial charge in [0.25, 0.3) is 0 Å². The van der Waals surface area contributed by atoms with Crippen LogP contribution in [0.15, 0.2) is 0 Å². The summed E-state index contributed by atoms with van der Waals surface area (Å²) in [4.78, 5) is 0. The van der Waals surface area contributed by atoms with Crippen molar-refractivity contribution in [2.75, 3.05) is 0 Å². The number of hydrogen-bond donors (Lipinski definition) is 1. The molecule has 0 bridgehead atoms. The molecular formula is C14H21N. The van der Waals surface area contributed by atoms with Crippen LogP contribution < -0.4 is 5.73 Å². The smallest absolute Gasteiger partial charge is 0.0300 e. The van der Waals surface area contributed by atoms with Gasteiger partial charge in [-0.1, -0.05) is 0 Å². The normalized spacial score (nSPS) is 20.2. The Balaban J connectivity index is 2.74. The topological polar surface area (TPSA) is 26.0 Å². The van der Waals surface area contributed by atoms with Crippen molar-refractivity contribution in [1.29, 1.82) is 0 Å². The molecule has 2 N–H and O–H groups in total. The van der Waals surface area contributed by atoms with Crippen LogP contribution in [0.25, 0.3) is 0 Å². The molecule has 1 aliphatic carbocycles. The molecule has 1 aromatic carbocycles. The van der Waals surface area contributed by atoms with E-state index in [4.69, 9.17) is 5.73 Å². The highest BCUT2D eigenvalue weighted by molar-refractivity contribution is 5.52. The third kappa shape index (κ3) is 1.50.